The van der Waals surface area contributed by atoms with Gasteiger partial charge in [0.25, 0.3) is 0 Å². The van der Waals surface area contributed by atoms with E-state index in [-0.39, 0.29) is 21.7 Å². The first kappa shape index (κ1) is 37.4. The summed E-state index contributed by atoms with van der Waals surface area (Å²) in [6.07, 6.45) is 2.44. The molecule has 0 spiro atoms. The lowest BCUT2D eigenvalue weighted by molar-refractivity contribution is 0.568. The second-order valence-electron chi connectivity index (χ2n) is 17.3. The molecule has 0 atom stereocenters. The molecule has 0 aliphatic rings. The molecule has 0 bridgehead atoms. The van der Waals surface area contributed by atoms with Crippen molar-refractivity contribution >= 4 is 23.9 Å². The summed E-state index contributed by atoms with van der Waals surface area (Å²) in [4.78, 5) is 1.25. The molecule has 0 aromatic heterocycles. The molecule has 4 aromatic rings. The van der Waals surface area contributed by atoms with E-state index in [1.54, 1.807) is 23.9 Å². The van der Waals surface area contributed by atoms with E-state index in [2.05, 4.69) is 173 Å². The van der Waals surface area contributed by atoms with Crippen LogP contribution >= 0.6 is 23.9 Å². The largest absolute Gasteiger partial charge is 0.204 e. The van der Waals surface area contributed by atoms with Crippen molar-refractivity contribution in [2.75, 3.05) is 5.75 Å². The maximum absolute atomic E-state index is 3.57. The molecule has 252 valence electrons. The summed E-state index contributed by atoms with van der Waals surface area (Å²) in [6.45, 7) is 30.1. The van der Waals surface area contributed by atoms with Crippen LogP contribution in [0.15, 0.2) is 83.8 Å². The second kappa shape index (κ2) is 14.6. The smallest absolute Gasteiger partial charge is 0.0314 e. The van der Waals surface area contributed by atoms with Crippen molar-refractivity contribution in [3.8, 4) is 33.4 Å². The van der Waals surface area contributed by atoms with Gasteiger partial charge in [-0.3, -0.25) is 0 Å². The summed E-state index contributed by atoms with van der Waals surface area (Å²) in [5, 5.41) is 0. The first-order valence-corrected chi connectivity index (χ1v) is 19.2. The van der Waals surface area contributed by atoms with E-state index in [1.165, 1.54) is 73.4 Å². The molecule has 0 aliphatic carbocycles. The Morgan fingerprint density at radius 2 is 0.872 bits per heavy atom. The van der Waals surface area contributed by atoms with Gasteiger partial charge in [0.2, 0.25) is 0 Å². The van der Waals surface area contributed by atoms with Crippen LogP contribution in [-0.2, 0) is 21.7 Å². The van der Waals surface area contributed by atoms with E-state index in [1.807, 2.05) is 0 Å². The average Bonchev–Trinajstić information content (AvgIpc) is 2.99. The van der Waals surface area contributed by atoms with Gasteiger partial charge in [0, 0.05) is 10.6 Å². The van der Waals surface area contributed by atoms with E-state index in [0.717, 1.165) is 5.75 Å². The molecule has 1 N–H and O–H groups in total. The molecule has 0 saturated carbocycles. The zero-order chi connectivity index (χ0) is 34.8. The van der Waals surface area contributed by atoms with Gasteiger partial charge >= 0.3 is 0 Å². The van der Waals surface area contributed by atoms with Crippen molar-refractivity contribution in [1.29, 1.82) is 0 Å². The van der Waals surface area contributed by atoms with Crippen LogP contribution in [0.25, 0.3) is 33.4 Å². The Morgan fingerprint density at radius 3 is 1.28 bits per heavy atom. The van der Waals surface area contributed by atoms with Crippen LogP contribution in [-0.4, -0.2) is 5.75 Å². The van der Waals surface area contributed by atoms with Gasteiger partial charge in [0.15, 0.2) is 0 Å². The van der Waals surface area contributed by atoms with Crippen molar-refractivity contribution in [3.63, 3.8) is 0 Å². The van der Waals surface area contributed by atoms with E-state index in [0.29, 0.717) is 0 Å². The number of hydrogen-bond donors (Lipinski definition) is 1. The van der Waals surface area contributed by atoms with Gasteiger partial charge in [-0.25, -0.2) is 4.13 Å². The monoisotopic (exact) mass is 665 g/mol. The van der Waals surface area contributed by atoms with Crippen LogP contribution in [0, 0.1) is 0 Å². The third kappa shape index (κ3) is 9.80. The Kier molecular flexibility index (Phi) is 11.6. The number of rotatable bonds is 9. The first-order valence-electron chi connectivity index (χ1n) is 17.4. The molecule has 4 rings (SSSR count). The third-order valence-corrected chi connectivity index (χ3v) is 10.8. The van der Waals surface area contributed by atoms with Crippen LogP contribution < -0.4 is 4.13 Å². The molecule has 1 nitrogen and oxygen atoms in total. The van der Waals surface area contributed by atoms with Gasteiger partial charge < -0.3 is 0 Å². The molecule has 0 unspecified atom stereocenters. The molecule has 3 heteroatoms. The predicted molar refractivity (Wildman–Crippen MR) is 214 cm³/mol. The van der Waals surface area contributed by atoms with E-state index >= 15 is 0 Å². The lowest BCUT2D eigenvalue weighted by atomic mass is 9.78. The first-order chi connectivity index (χ1) is 21.8. The fourth-order valence-electron chi connectivity index (χ4n) is 5.56. The van der Waals surface area contributed by atoms with Gasteiger partial charge in [-0.2, -0.15) is 0 Å². The molecule has 0 radical (unpaired) electrons. The minimum atomic E-state index is 0.0451. The summed E-state index contributed by atoms with van der Waals surface area (Å²) >= 11 is 3.54. The third-order valence-electron chi connectivity index (χ3n) is 8.94. The zero-order valence-corrected chi connectivity index (χ0v) is 33.1. The highest BCUT2D eigenvalue weighted by molar-refractivity contribution is 8.12. The Morgan fingerprint density at radius 1 is 0.489 bits per heavy atom. The summed E-state index contributed by atoms with van der Waals surface area (Å²) < 4.78 is 3.57. The number of unbranched alkanes of at least 4 members (excludes halogenated alkanes) is 1. The summed E-state index contributed by atoms with van der Waals surface area (Å²) in [5.74, 6) is 1.12. The quantitative estimate of drug-likeness (QED) is 0.141. The predicted octanol–water partition coefficient (Wildman–Crippen LogP) is 13.9. The van der Waals surface area contributed by atoms with Gasteiger partial charge in [-0.1, -0.05) is 163 Å². The number of nitrogens with one attached hydrogen (secondary N) is 1. The fraction of sp³-hybridized carbons (Fsp3) is 0.455. The SMILES string of the molecule is CCCCSNSc1ccccc1-c1cc(-c2cc(C(C)(C)C)cc(C(C)(C)C)c2)cc(-c2cc(C(C)(C)C)cc(C(C)(C)C)c2)c1. The minimum Gasteiger partial charge on any atom is -0.204 e. The average molecular weight is 666 g/mol. The highest BCUT2D eigenvalue weighted by Gasteiger charge is 2.24. The highest BCUT2D eigenvalue weighted by Crippen LogP contribution is 2.41. The molecule has 47 heavy (non-hydrogen) atoms. The molecular weight excluding hydrogens is 607 g/mol. The highest BCUT2D eigenvalue weighted by atomic mass is 32.2. The molecule has 0 saturated heterocycles. The lowest BCUT2D eigenvalue weighted by Crippen LogP contribution is -2.16. The summed E-state index contributed by atoms with van der Waals surface area (Å²) in [5.41, 5.74) is 13.3. The minimum absolute atomic E-state index is 0.0451. The van der Waals surface area contributed by atoms with E-state index in [4.69, 9.17) is 0 Å². The van der Waals surface area contributed by atoms with Crippen LogP contribution in [0.2, 0.25) is 0 Å². The van der Waals surface area contributed by atoms with E-state index in [9.17, 15) is 0 Å². The lowest BCUT2D eigenvalue weighted by Gasteiger charge is -2.27. The van der Waals surface area contributed by atoms with Gasteiger partial charge in [0.1, 0.15) is 0 Å². The Balaban J connectivity index is 2.01. The Bertz CT molecular complexity index is 1510. The Hall–Kier alpha value is -2.46. The molecular formula is C44H59NS2. The molecule has 0 amide bonds. The van der Waals surface area contributed by atoms with Gasteiger partial charge in [-0.15, -0.1) is 0 Å². The molecule has 0 heterocycles. The van der Waals surface area contributed by atoms with Crippen molar-refractivity contribution in [2.45, 2.75) is 129 Å². The molecule has 0 aliphatic heterocycles. The molecule has 4 aromatic carbocycles. The maximum atomic E-state index is 3.57. The van der Waals surface area contributed by atoms with E-state index < -0.39 is 0 Å². The van der Waals surface area contributed by atoms with Crippen LogP contribution in [0.5, 0.6) is 0 Å². The van der Waals surface area contributed by atoms with Gasteiger partial charge in [-0.05, 0) is 120 Å². The number of hydrogen-bond acceptors (Lipinski definition) is 3. The summed E-state index contributed by atoms with van der Waals surface area (Å²) in [6, 6.07) is 30.7. The van der Waals surface area contributed by atoms with Crippen molar-refractivity contribution in [3.05, 3.63) is 101 Å². The molecule has 0 fully saturated rings. The normalized spacial score (nSPS) is 12.9. The topological polar surface area (TPSA) is 12.0 Å². The van der Waals surface area contributed by atoms with Crippen molar-refractivity contribution in [1.82, 2.24) is 4.13 Å². The van der Waals surface area contributed by atoms with Crippen LogP contribution in [0.1, 0.15) is 125 Å². The van der Waals surface area contributed by atoms with Gasteiger partial charge in [0.05, 0.1) is 0 Å². The fourth-order valence-corrected chi connectivity index (χ4v) is 7.37. The van der Waals surface area contributed by atoms with Crippen molar-refractivity contribution < 1.29 is 0 Å². The standard InChI is InChI=1S/C44H59NS2/c1-14-15-20-46-45-47-40-19-17-16-18-39(40)34-22-30(32-24-35(41(2,3)4)28-36(25-32)42(5,6)7)21-31(23-34)33-26-37(43(8,9)10)29-38(27-33)44(11,12)13/h16-19,21-29,45H,14-15,20H2,1-13H3. The second-order valence-corrected chi connectivity index (χ2v) is 19.3. The van der Waals surface area contributed by atoms with Crippen molar-refractivity contribution in [2.24, 2.45) is 0 Å². The summed E-state index contributed by atoms with van der Waals surface area (Å²) in [7, 11) is 0. The Labute approximate surface area is 296 Å². The number of benzene rings is 4. The van der Waals surface area contributed by atoms with Crippen LogP contribution in [0.3, 0.4) is 0 Å². The maximum Gasteiger partial charge on any atom is 0.0314 e. The van der Waals surface area contributed by atoms with Crippen LogP contribution in [0.4, 0.5) is 0 Å². The zero-order valence-electron chi connectivity index (χ0n) is 31.4.